The summed E-state index contributed by atoms with van der Waals surface area (Å²) in [6.07, 6.45) is 8.47. The Labute approximate surface area is 145 Å². The van der Waals surface area contributed by atoms with Gasteiger partial charge in [-0.15, -0.1) is 0 Å². The molecule has 1 aromatic heterocycles. The molecule has 0 bridgehead atoms. The number of halogens is 1. The predicted molar refractivity (Wildman–Crippen MR) is 95.3 cm³/mol. The molecule has 0 spiro atoms. The number of nitrogens with one attached hydrogen (secondary N) is 2. The molecule has 0 radical (unpaired) electrons. The number of hydrogen-bond acceptors (Lipinski definition) is 2. The maximum absolute atomic E-state index is 12.4. The van der Waals surface area contributed by atoms with Crippen molar-refractivity contribution in [3.8, 4) is 11.3 Å². The van der Waals surface area contributed by atoms with Crippen molar-refractivity contribution >= 4 is 21.8 Å². The summed E-state index contributed by atoms with van der Waals surface area (Å²) in [7, 11) is 0. The Morgan fingerprint density at radius 2 is 1.74 bits per heavy atom. The monoisotopic (exact) mass is 375 g/mol. The molecular formula is C18H22BrN3O. The summed E-state index contributed by atoms with van der Waals surface area (Å²) in [4.78, 5) is 12.4. The van der Waals surface area contributed by atoms with Crippen LogP contribution in [0.25, 0.3) is 11.3 Å². The van der Waals surface area contributed by atoms with E-state index in [1.165, 1.54) is 32.1 Å². The van der Waals surface area contributed by atoms with Gasteiger partial charge in [-0.25, -0.2) is 0 Å². The van der Waals surface area contributed by atoms with Gasteiger partial charge in [-0.2, -0.15) is 5.10 Å². The van der Waals surface area contributed by atoms with Crippen LogP contribution in [-0.2, 0) is 0 Å². The maximum Gasteiger partial charge on any atom is 0.269 e. The minimum absolute atomic E-state index is 0.0496. The van der Waals surface area contributed by atoms with Crippen LogP contribution in [0.3, 0.4) is 0 Å². The molecule has 1 aliphatic carbocycles. The highest BCUT2D eigenvalue weighted by Gasteiger charge is 2.17. The van der Waals surface area contributed by atoms with Gasteiger partial charge in [0.2, 0.25) is 0 Å². The number of aromatic amines is 1. The van der Waals surface area contributed by atoms with E-state index in [1.807, 2.05) is 30.3 Å². The minimum Gasteiger partial charge on any atom is -0.348 e. The smallest absolute Gasteiger partial charge is 0.269 e. The average Bonchev–Trinajstić information content (AvgIpc) is 3.00. The minimum atomic E-state index is -0.0496. The number of aromatic nitrogens is 2. The van der Waals surface area contributed by atoms with E-state index in [4.69, 9.17) is 0 Å². The van der Waals surface area contributed by atoms with E-state index < -0.39 is 0 Å². The fourth-order valence-corrected chi connectivity index (χ4v) is 3.33. The quantitative estimate of drug-likeness (QED) is 0.817. The molecule has 1 saturated carbocycles. The Kier molecular flexibility index (Phi) is 5.49. The van der Waals surface area contributed by atoms with Gasteiger partial charge in [-0.05, 0) is 31.0 Å². The number of rotatable bonds is 3. The molecule has 4 nitrogen and oxygen atoms in total. The van der Waals surface area contributed by atoms with Crippen molar-refractivity contribution in [3.63, 3.8) is 0 Å². The fourth-order valence-electron chi connectivity index (χ4n) is 3.07. The van der Waals surface area contributed by atoms with Gasteiger partial charge >= 0.3 is 0 Å². The number of H-pyrrole nitrogens is 1. The first-order chi connectivity index (χ1) is 11.2. The second-order valence-corrected chi connectivity index (χ2v) is 7.10. The Morgan fingerprint density at radius 3 is 2.43 bits per heavy atom. The number of hydrogen-bond donors (Lipinski definition) is 2. The summed E-state index contributed by atoms with van der Waals surface area (Å²) < 4.78 is 1.03. The van der Waals surface area contributed by atoms with Crippen molar-refractivity contribution in [2.75, 3.05) is 0 Å². The van der Waals surface area contributed by atoms with Crippen molar-refractivity contribution in [2.24, 2.45) is 0 Å². The van der Waals surface area contributed by atoms with Gasteiger partial charge in [0.05, 0.1) is 5.69 Å². The fraction of sp³-hybridized carbons (Fsp3) is 0.444. The maximum atomic E-state index is 12.4. The molecule has 2 N–H and O–H groups in total. The van der Waals surface area contributed by atoms with E-state index >= 15 is 0 Å². The first-order valence-corrected chi connectivity index (χ1v) is 9.14. The van der Waals surface area contributed by atoms with Gasteiger partial charge in [0, 0.05) is 16.1 Å². The highest BCUT2D eigenvalue weighted by atomic mass is 79.9. The Bertz CT molecular complexity index is 643. The number of nitrogens with zero attached hydrogens (tertiary/aromatic N) is 1. The van der Waals surface area contributed by atoms with E-state index in [-0.39, 0.29) is 5.91 Å². The zero-order valence-electron chi connectivity index (χ0n) is 13.1. The highest BCUT2D eigenvalue weighted by Crippen LogP contribution is 2.21. The molecule has 1 heterocycles. The first kappa shape index (κ1) is 16.2. The average molecular weight is 376 g/mol. The van der Waals surface area contributed by atoms with Crippen LogP contribution in [0.4, 0.5) is 0 Å². The van der Waals surface area contributed by atoms with Crippen molar-refractivity contribution in [3.05, 3.63) is 40.5 Å². The van der Waals surface area contributed by atoms with Crippen molar-refractivity contribution in [1.82, 2.24) is 15.5 Å². The van der Waals surface area contributed by atoms with Gasteiger partial charge in [0.1, 0.15) is 5.69 Å². The third-order valence-electron chi connectivity index (χ3n) is 4.40. The Morgan fingerprint density at radius 1 is 1.09 bits per heavy atom. The van der Waals surface area contributed by atoms with Crippen LogP contribution >= 0.6 is 15.9 Å². The van der Waals surface area contributed by atoms with E-state index in [0.29, 0.717) is 11.7 Å². The number of benzene rings is 1. The predicted octanol–water partition coefficient (Wildman–Crippen LogP) is 4.68. The van der Waals surface area contributed by atoms with E-state index in [2.05, 4.69) is 31.4 Å². The van der Waals surface area contributed by atoms with Crippen LogP contribution in [-0.4, -0.2) is 22.1 Å². The van der Waals surface area contributed by atoms with E-state index in [9.17, 15) is 4.79 Å². The molecule has 0 aliphatic heterocycles. The zero-order valence-corrected chi connectivity index (χ0v) is 14.7. The molecule has 3 rings (SSSR count). The molecule has 2 aromatic rings. The van der Waals surface area contributed by atoms with Gasteiger partial charge in [-0.3, -0.25) is 9.89 Å². The van der Waals surface area contributed by atoms with Crippen LogP contribution in [0.2, 0.25) is 0 Å². The van der Waals surface area contributed by atoms with Crippen LogP contribution in [0.15, 0.2) is 34.8 Å². The summed E-state index contributed by atoms with van der Waals surface area (Å²) >= 11 is 3.42. The lowest BCUT2D eigenvalue weighted by Crippen LogP contribution is -2.35. The third kappa shape index (κ3) is 4.44. The number of carbonyl (C=O) groups is 1. The van der Waals surface area contributed by atoms with Crippen molar-refractivity contribution < 1.29 is 4.79 Å². The zero-order chi connectivity index (χ0) is 16.1. The van der Waals surface area contributed by atoms with Gasteiger partial charge in [-0.1, -0.05) is 60.2 Å². The largest absolute Gasteiger partial charge is 0.348 e. The van der Waals surface area contributed by atoms with Crippen LogP contribution < -0.4 is 5.32 Å². The Balaban J connectivity index is 1.64. The van der Waals surface area contributed by atoms with Crippen LogP contribution in [0, 0.1) is 0 Å². The standard InChI is InChI=1S/C18H22BrN3O/c19-14-10-8-13(9-11-14)16-12-17(22-21-16)18(23)20-15-6-4-2-1-3-5-7-15/h8-12,15H,1-7H2,(H,20,23)(H,21,22). The lowest BCUT2D eigenvalue weighted by molar-refractivity contribution is 0.0925. The highest BCUT2D eigenvalue weighted by molar-refractivity contribution is 9.10. The summed E-state index contributed by atoms with van der Waals surface area (Å²) in [5.41, 5.74) is 2.32. The Hall–Kier alpha value is -1.62. The number of amides is 1. The normalized spacial score (nSPS) is 16.6. The second-order valence-electron chi connectivity index (χ2n) is 6.19. The summed E-state index contributed by atoms with van der Waals surface area (Å²) in [5, 5.41) is 10.3. The van der Waals surface area contributed by atoms with E-state index in [0.717, 1.165) is 28.6 Å². The van der Waals surface area contributed by atoms with Crippen molar-refractivity contribution in [1.29, 1.82) is 0 Å². The molecule has 1 amide bonds. The van der Waals surface area contributed by atoms with Crippen molar-refractivity contribution in [2.45, 2.75) is 51.0 Å². The second kappa shape index (κ2) is 7.77. The molecule has 5 heteroatoms. The molecule has 0 saturated heterocycles. The van der Waals surface area contributed by atoms with Gasteiger partial charge < -0.3 is 5.32 Å². The van der Waals surface area contributed by atoms with Gasteiger partial charge in [0.15, 0.2) is 0 Å². The van der Waals surface area contributed by atoms with Crippen LogP contribution in [0.1, 0.15) is 55.4 Å². The van der Waals surface area contributed by atoms with Gasteiger partial charge in [0.25, 0.3) is 5.91 Å². The topological polar surface area (TPSA) is 57.8 Å². The van der Waals surface area contributed by atoms with Crippen LogP contribution in [0.5, 0.6) is 0 Å². The molecule has 1 aliphatic rings. The summed E-state index contributed by atoms with van der Waals surface area (Å²) in [6, 6.07) is 10.0. The lowest BCUT2D eigenvalue weighted by Gasteiger charge is -2.20. The molecule has 0 unspecified atom stereocenters. The molecular weight excluding hydrogens is 354 g/mol. The third-order valence-corrected chi connectivity index (χ3v) is 4.93. The first-order valence-electron chi connectivity index (χ1n) is 8.34. The van der Waals surface area contributed by atoms with E-state index in [1.54, 1.807) is 0 Å². The molecule has 0 atom stereocenters. The summed E-state index contributed by atoms with van der Waals surface area (Å²) in [5.74, 6) is -0.0496. The lowest BCUT2D eigenvalue weighted by atomic mass is 9.96. The summed E-state index contributed by atoms with van der Waals surface area (Å²) in [6.45, 7) is 0. The SMILES string of the molecule is O=C(NC1CCCCCCC1)c1cc(-c2ccc(Br)cc2)n[nH]1. The molecule has 122 valence electrons. The molecule has 1 fully saturated rings. The molecule has 23 heavy (non-hydrogen) atoms. The number of carbonyl (C=O) groups excluding carboxylic acids is 1. The molecule has 1 aromatic carbocycles.